The summed E-state index contributed by atoms with van der Waals surface area (Å²) in [6.07, 6.45) is 2.84. The Labute approximate surface area is 163 Å². The van der Waals surface area contributed by atoms with Gasteiger partial charge in [-0.05, 0) is 47.2 Å². The number of nitrogens with two attached hydrogens (primary N) is 1. The van der Waals surface area contributed by atoms with E-state index in [9.17, 15) is 14.3 Å². The van der Waals surface area contributed by atoms with Gasteiger partial charge in [-0.25, -0.2) is 4.39 Å². The number of rotatable bonds is 6. The van der Waals surface area contributed by atoms with E-state index in [0.29, 0.717) is 0 Å². The van der Waals surface area contributed by atoms with Crippen LogP contribution < -0.4 is 40.4 Å². The van der Waals surface area contributed by atoms with Crippen molar-refractivity contribution >= 4 is 11.5 Å². The monoisotopic (exact) mass is 335 g/mol. The number of hydrogen-bond donors (Lipinski definition) is 1. The first-order valence-corrected chi connectivity index (χ1v) is 7.53. The Balaban J connectivity index is 0.00000288. The maximum Gasteiger partial charge on any atom is 1.00 e. The second-order valence-corrected chi connectivity index (χ2v) is 5.34. The van der Waals surface area contributed by atoms with E-state index in [2.05, 4.69) is 6.92 Å². The fraction of sp³-hybridized carbons (Fsp3) is 0.211. The van der Waals surface area contributed by atoms with Crippen LogP contribution in [0, 0.1) is 5.82 Å². The Kier molecular flexibility index (Phi) is 8.36. The van der Waals surface area contributed by atoms with Crippen LogP contribution in [0.1, 0.15) is 30.0 Å². The Bertz CT molecular complexity index is 696. The van der Waals surface area contributed by atoms with Crippen molar-refractivity contribution in [1.82, 2.24) is 0 Å². The topological polar surface area (TPSA) is 66.2 Å². The molecule has 2 aromatic carbocycles. The molecule has 24 heavy (non-hydrogen) atoms. The van der Waals surface area contributed by atoms with Gasteiger partial charge in [0.15, 0.2) is 0 Å². The molecule has 120 valence electrons. The molecule has 0 fully saturated rings. The van der Waals surface area contributed by atoms with E-state index in [0.717, 1.165) is 23.1 Å². The Hall–Kier alpha value is -1.46. The first-order valence-electron chi connectivity index (χ1n) is 7.53. The minimum absolute atomic E-state index is 0. The normalized spacial score (nSPS) is 12.4. The van der Waals surface area contributed by atoms with Crippen LogP contribution in [0.3, 0.4) is 0 Å². The summed E-state index contributed by atoms with van der Waals surface area (Å²) < 4.78 is 13.1. The van der Waals surface area contributed by atoms with Gasteiger partial charge in [0.05, 0.1) is 5.97 Å². The van der Waals surface area contributed by atoms with E-state index in [1.54, 1.807) is 18.2 Å². The standard InChI is InChI=1S/C19H20FNO2.Na/c1-2-13-3-5-14(6-4-13)17(11-12-18(21)19(22)23)15-7-9-16(20)10-8-15;/h3-11,18H,2,12,21H2,1H3,(H,22,23);/q;+1/p-1/b17-11+;. The number of carbonyl (C=O) groups is 1. The molecule has 0 amide bonds. The van der Waals surface area contributed by atoms with Crippen molar-refractivity contribution in [2.24, 2.45) is 5.73 Å². The Morgan fingerprint density at radius 2 is 1.62 bits per heavy atom. The van der Waals surface area contributed by atoms with Crippen LogP contribution in [-0.2, 0) is 11.2 Å². The molecular weight excluding hydrogens is 316 g/mol. The van der Waals surface area contributed by atoms with Crippen LogP contribution in [0.15, 0.2) is 54.6 Å². The fourth-order valence-electron chi connectivity index (χ4n) is 2.29. The molecular formula is C19H19FNNaO2. The second-order valence-electron chi connectivity index (χ2n) is 5.34. The molecule has 0 bridgehead atoms. The predicted molar refractivity (Wildman–Crippen MR) is 86.9 cm³/mol. The maximum absolute atomic E-state index is 13.1. The largest absolute Gasteiger partial charge is 1.00 e. The summed E-state index contributed by atoms with van der Waals surface area (Å²) in [6.45, 7) is 2.07. The molecule has 0 heterocycles. The molecule has 0 spiro atoms. The Morgan fingerprint density at radius 1 is 1.12 bits per heavy atom. The molecule has 1 unspecified atom stereocenters. The van der Waals surface area contributed by atoms with Crippen LogP contribution in [-0.4, -0.2) is 12.0 Å². The summed E-state index contributed by atoms with van der Waals surface area (Å²) in [6, 6.07) is 13.0. The molecule has 5 heteroatoms. The molecule has 0 aliphatic rings. The van der Waals surface area contributed by atoms with Gasteiger partial charge < -0.3 is 15.6 Å². The number of aryl methyl sites for hydroxylation is 1. The number of carboxylic acids is 1. The molecule has 2 N–H and O–H groups in total. The maximum atomic E-state index is 13.1. The zero-order valence-corrected chi connectivity index (χ0v) is 16.0. The average molecular weight is 335 g/mol. The van der Waals surface area contributed by atoms with E-state index in [4.69, 9.17) is 5.73 Å². The van der Waals surface area contributed by atoms with E-state index in [-0.39, 0.29) is 41.8 Å². The van der Waals surface area contributed by atoms with Gasteiger partial charge in [0, 0.05) is 6.04 Å². The van der Waals surface area contributed by atoms with E-state index < -0.39 is 12.0 Å². The zero-order valence-electron chi connectivity index (χ0n) is 14.0. The van der Waals surface area contributed by atoms with Gasteiger partial charge in [-0.15, -0.1) is 0 Å². The molecule has 1 atom stereocenters. The molecule has 3 nitrogen and oxygen atoms in total. The van der Waals surface area contributed by atoms with Crippen LogP contribution in [0.5, 0.6) is 0 Å². The molecule has 2 rings (SSSR count). The van der Waals surface area contributed by atoms with Crippen molar-refractivity contribution in [3.63, 3.8) is 0 Å². The minimum atomic E-state index is -1.29. The third kappa shape index (κ3) is 5.56. The van der Waals surface area contributed by atoms with Gasteiger partial charge in [0.25, 0.3) is 0 Å². The second kappa shape index (κ2) is 9.74. The summed E-state index contributed by atoms with van der Waals surface area (Å²) in [5, 5.41) is 10.8. The smallest absolute Gasteiger partial charge is 0.548 e. The third-order valence-electron chi connectivity index (χ3n) is 3.71. The zero-order chi connectivity index (χ0) is 16.8. The predicted octanol–water partition coefficient (Wildman–Crippen LogP) is -0.709. The van der Waals surface area contributed by atoms with Gasteiger partial charge in [-0.2, -0.15) is 0 Å². The van der Waals surface area contributed by atoms with Gasteiger partial charge in [-0.3, -0.25) is 0 Å². The van der Waals surface area contributed by atoms with Crippen molar-refractivity contribution in [1.29, 1.82) is 0 Å². The summed E-state index contributed by atoms with van der Waals surface area (Å²) in [7, 11) is 0. The SMILES string of the molecule is CCc1ccc(/C(=C\CC(N)C(=O)[O-])c2ccc(F)cc2)cc1.[Na+]. The van der Waals surface area contributed by atoms with Gasteiger partial charge in [0.1, 0.15) is 5.82 Å². The molecule has 2 aromatic rings. The first-order chi connectivity index (χ1) is 11.0. The molecule has 0 aromatic heterocycles. The molecule has 0 aliphatic carbocycles. The molecule has 0 aliphatic heterocycles. The quantitative estimate of drug-likeness (QED) is 0.710. The molecule has 0 radical (unpaired) electrons. The molecule has 0 saturated heterocycles. The summed E-state index contributed by atoms with van der Waals surface area (Å²) in [4.78, 5) is 10.8. The fourth-order valence-corrected chi connectivity index (χ4v) is 2.29. The van der Waals surface area contributed by atoms with Crippen molar-refractivity contribution in [2.75, 3.05) is 0 Å². The number of carboxylic acid groups (broad SMARTS) is 1. The van der Waals surface area contributed by atoms with Crippen molar-refractivity contribution in [3.05, 3.63) is 77.1 Å². The minimum Gasteiger partial charge on any atom is -0.548 e. The van der Waals surface area contributed by atoms with Gasteiger partial charge in [-0.1, -0.05) is 49.4 Å². The number of hydrogen-bond acceptors (Lipinski definition) is 3. The van der Waals surface area contributed by atoms with E-state index in [1.807, 2.05) is 24.3 Å². The number of benzene rings is 2. The average Bonchev–Trinajstić information content (AvgIpc) is 2.56. The van der Waals surface area contributed by atoms with E-state index in [1.165, 1.54) is 17.7 Å². The first kappa shape index (κ1) is 20.6. The summed E-state index contributed by atoms with van der Waals surface area (Å²) in [5.74, 6) is -1.61. The molecule has 0 saturated carbocycles. The van der Waals surface area contributed by atoms with E-state index >= 15 is 0 Å². The Morgan fingerprint density at radius 3 is 2.08 bits per heavy atom. The number of carbonyl (C=O) groups excluding carboxylic acids is 1. The number of halogens is 1. The number of aliphatic carboxylic acids is 1. The van der Waals surface area contributed by atoms with Crippen LogP contribution >= 0.6 is 0 Å². The van der Waals surface area contributed by atoms with Gasteiger partial charge >= 0.3 is 29.6 Å². The summed E-state index contributed by atoms with van der Waals surface area (Å²) >= 11 is 0. The van der Waals surface area contributed by atoms with Crippen molar-refractivity contribution < 1.29 is 43.8 Å². The van der Waals surface area contributed by atoms with Crippen LogP contribution in [0.25, 0.3) is 5.57 Å². The van der Waals surface area contributed by atoms with Crippen molar-refractivity contribution in [2.45, 2.75) is 25.8 Å². The summed E-state index contributed by atoms with van der Waals surface area (Å²) in [5.41, 5.74) is 9.29. The third-order valence-corrected chi connectivity index (χ3v) is 3.71. The van der Waals surface area contributed by atoms with Crippen LogP contribution in [0.2, 0.25) is 0 Å². The van der Waals surface area contributed by atoms with Crippen molar-refractivity contribution in [3.8, 4) is 0 Å². The van der Waals surface area contributed by atoms with Gasteiger partial charge in [0.2, 0.25) is 0 Å². The van der Waals surface area contributed by atoms with Crippen LogP contribution in [0.4, 0.5) is 4.39 Å².